The van der Waals surface area contributed by atoms with Crippen molar-refractivity contribution in [3.8, 4) is 11.6 Å². The number of rotatable bonds is 4. The van der Waals surface area contributed by atoms with E-state index in [4.69, 9.17) is 4.74 Å². The van der Waals surface area contributed by atoms with Gasteiger partial charge in [-0.05, 0) is 31.7 Å². The van der Waals surface area contributed by atoms with Gasteiger partial charge in [-0.15, -0.1) is 11.3 Å². The van der Waals surface area contributed by atoms with Crippen LogP contribution in [0.25, 0.3) is 4.96 Å². The molecular formula is C14H14FN3OS. The molecule has 0 saturated carbocycles. The number of aryl methyl sites for hydroxylation is 1. The smallest absolute Gasteiger partial charge is 0.243 e. The highest BCUT2D eigenvalue weighted by atomic mass is 32.1. The predicted molar refractivity (Wildman–Crippen MR) is 77.0 cm³/mol. The first-order chi connectivity index (χ1) is 9.69. The molecule has 4 nitrogen and oxygen atoms in total. The summed E-state index contributed by atoms with van der Waals surface area (Å²) in [5.41, 5.74) is 1.82. The van der Waals surface area contributed by atoms with E-state index >= 15 is 0 Å². The van der Waals surface area contributed by atoms with Crippen molar-refractivity contribution in [1.82, 2.24) is 14.7 Å². The largest absolute Gasteiger partial charge is 0.434 e. The topological polar surface area (TPSA) is 38.6 Å². The number of nitrogens with one attached hydrogen (secondary N) is 1. The minimum absolute atomic E-state index is 0.202. The summed E-state index contributed by atoms with van der Waals surface area (Å²) in [6.45, 7) is 2.49. The number of thiazole rings is 1. The zero-order valence-electron chi connectivity index (χ0n) is 11.2. The molecule has 0 radical (unpaired) electrons. The van der Waals surface area contributed by atoms with E-state index in [1.807, 2.05) is 29.9 Å². The fourth-order valence-electron chi connectivity index (χ4n) is 2.02. The van der Waals surface area contributed by atoms with Gasteiger partial charge in [-0.2, -0.15) is 4.98 Å². The lowest BCUT2D eigenvalue weighted by molar-refractivity contribution is 0.423. The second-order valence-corrected chi connectivity index (χ2v) is 5.36. The van der Waals surface area contributed by atoms with E-state index in [2.05, 4.69) is 10.3 Å². The summed E-state index contributed by atoms with van der Waals surface area (Å²) < 4.78 is 21.4. The van der Waals surface area contributed by atoms with E-state index < -0.39 is 0 Å². The van der Waals surface area contributed by atoms with E-state index in [9.17, 15) is 4.39 Å². The Morgan fingerprint density at radius 3 is 3.10 bits per heavy atom. The third-order valence-electron chi connectivity index (χ3n) is 2.96. The minimum Gasteiger partial charge on any atom is -0.434 e. The van der Waals surface area contributed by atoms with Crippen molar-refractivity contribution in [3.05, 3.63) is 46.9 Å². The van der Waals surface area contributed by atoms with Crippen LogP contribution in [0.3, 0.4) is 0 Å². The Balaban J connectivity index is 2.03. The number of ether oxygens (including phenoxy) is 1. The number of nitrogens with zero attached hydrogens (tertiary/aromatic N) is 2. The molecule has 0 aliphatic heterocycles. The Kier molecular flexibility index (Phi) is 3.42. The Labute approximate surface area is 119 Å². The fourth-order valence-corrected chi connectivity index (χ4v) is 2.74. The van der Waals surface area contributed by atoms with Crippen molar-refractivity contribution in [3.63, 3.8) is 0 Å². The first-order valence-electron chi connectivity index (χ1n) is 6.22. The Morgan fingerprint density at radius 1 is 1.45 bits per heavy atom. The summed E-state index contributed by atoms with van der Waals surface area (Å²) in [5, 5.41) is 5.03. The molecule has 0 aliphatic carbocycles. The standard InChI is InChI=1S/C14H14FN3OS/c1-9-3-4-10(15)12(7-9)19-13-11(8-16-2)18-5-6-20-14(18)17-13/h3-7,16H,8H2,1-2H3. The van der Waals surface area contributed by atoms with Gasteiger partial charge in [-0.25, -0.2) is 4.39 Å². The summed E-state index contributed by atoms with van der Waals surface area (Å²) in [6, 6.07) is 4.79. The van der Waals surface area contributed by atoms with Crippen LogP contribution in [0.15, 0.2) is 29.8 Å². The Bertz CT molecular complexity index is 750. The zero-order valence-corrected chi connectivity index (χ0v) is 12.0. The maximum atomic E-state index is 13.8. The highest BCUT2D eigenvalue weighted by molar-refractivity contribution is 7.15. The quantitative estimate of drug-likeness (QED) is 0.801. The summed E-state index contributed by atoms with van der Waals surface area (Å²) in [4.78, 5) is 5.24. The van der Waals surface area contributed by atoms with Crippen molar-refractivity contribution in [2.45, 2.75) is 13.5 Å². The molecule has 3 aromatic rings. The molecule has 2 aromatic heterocycles. The van der Waals surface area contributed by atoms with Gasteiger partial charge in [0, 0.05) is 18.1 Å². The van der Waals surface area contributed by atoms with E-state index in [1.165, 1.54) is 17.4 Å². The first kappa shape index (κ1) is 13.1. The monoisotopic (exact) mass is 291 g/mol. The van der Waals surface area contributed by atoms with E-state index in [0.717, 1.165) is 16.2 Å². The van der Waals surface area contributed by atoms with Gasteiger partial charge in [0.1, 0.15) is 5.69 Å². The van der Waals surface area contributed by atoms with Crippen LogP contribution in [0.1, 0.15) is 11.3 Å². The molecule has 3 rings (SSSR count). The molecule has 6 heteroatoms. The van der Waals surface area contributed by atoms with Crippen molar-refractivity contribution < 1.29 is 9.13 Å². The van der Waals surface area contributed by atoms with Crippen LogP contribution in [0.4, 0.5) is 4.39 Å². The van der Waals surface area contributed by atoms with Crippen LogP contribution in [0, 0.1) is 12.7 Å². The second-order valence-electron chi connectivity index (χ2n) is 4.49. The van der Waals surface area contributed by atoms with Crippen molar-refractivity contribution in [2.75, 3.05) is 7.05 Å². The van der Waals surface area contributed by atoms with Gasteiger partial charge in [-0.1, -0.05) is 6.07 Å². The van der Waals surface area contributed by atoms with Crippen LogP contribution in [0.2, 0.25) is 0 Å². The van der Waals surface area contributed by atoms with Crippen LogP contribution >= 0.6 is 11.3 Å². The number of hydrogen-bond donors (Lipinski definition) is 1. The molecule has 0 aliphatic rings. The molecule has 1 N–H and O–H groups in total. The lowest BCUT2D eigenvalue weighted by Crippen LogP contribution is -2.08. The summed E-state index contributed by atoms with van der Waals surface area (Å²) in [7, 11) is 1.85. The third kappa shape index (κ3) is 2.28. The number of benzene rings is 1. The highest BCUT2D eigenvalue weighted by Crippen LogP contribution is 2.29. The van der Waals surface area contributed by atoms with Gasteiger partial charge < -0.3 is 10.1 Å². The molecule has 0 amide bonds. The van der Waals surface area contributed by atoms with Gasteiger partial charge in [0.15, 0.2) is 16.5 Å². The van der Waals surface area contributed by atoms with Gasteiger partial charge in [0.2, 0.25) is 5.88 Å². The molecule has 2 heterocycles. The third-order valence-corrected chi connectivity index (χ3v) is 3.72. The number of halogens is 1. The van der Waals surface area contributed by atoms with Gasteiger partial charge in [-0.3, -0.25) is 4.40 Å². The summed E-state index contributed by atoms with van der Waals surface area (Å²) in [5.74, 6) is 0.256. The Morgan fingerprint density at radius 2 is 2.30 bits per heavy atom. The molecule has 0 bridgehead atoms. The van der Waals surface area contributed by atoms with Gasteiger partial charge in [0.25, 0.3) is 0 Å². The number of fused-ring (bicyclic) bond motifs is 1. The highest BCUT2D eigenvalue weighted by Gasteiger charge is 2.16. The van der Waals surface area contributed by atoms with Crippen LogP contribution in [-0.2, 0) is 6.54 Å². The van der Waals surface area contributed by atoms with Gasteiger partial charge >= 0.3 is 0 Å². The van der Waals surface area contributed by atoms with Gasteiger partial charge in [0.05, 0.1) is 0 Å². The normalized spacial score (nSPS) is 11.2. The first-order valence-corrected chi connectivity index (χ1v) is 7.10. The molecule has 0 saturated heterocycles. The van der Waals surface area contributed by atoms with Crippen molar-refractivity contribution >= 4 is 16.3 Å². The average Bonchev–Trinajstić information content (AvgIpc) is 2.98. The molecule has 0 fully saturated rings. The van der Waals surface area contributed by atoms with E-state index in [1.54, 1.807) is 12.1 Å². The molecular weight excluding hydrogens is 277 g/mol. The molecule has 0 spiro atoms. The maximum absolute atomic E-state index is 13.8. The number of hydrogen-bond acceptors (Lipinski definition) is 4. The summed E-state index contributed by atoms with van der Waals surface area (Å²) in [6.07, 6.45) is 1.93. The number of imidazole rings is 1. The molecule has 1 aromatic carbocycles. The number of aromatic nitrogens is 2. The zero-order chi connectivity index (χ0) is 14.1. The van der Waals surface area contributed by atoms with E-state index in [0.29, 0.717) is 12.4 Å². The van der Waals surface area contributed by atoms with Crippen LogP contribution in [-0.4, -0.2) is 16.4 Å². The second kappa shape index (κ2) is 5.22. The summed E-state index contributed by atoms with van der Waals surface area (Å²) >= 11 is 1.52. The molecule has 0 unspecified atom stereocenters. The van der Waals surface area contributed by atoms with Crippen LogP contribution in [0.5, 0.6) is 11.6 Å². The van der Waals surface area contributed by atoms with Crippen molar-refractivity contribution in [2.24, 2.45) is 0 Å². The predicted octanol–water partition coefficient (Wildman–Crippen LogP) is 3.36. The van der Waals surface area contributed by atoms with E-state index in [-0.39, 0.29) is 11.6 Å². The lowest BCUT2D eigenvalue weighted by Gasteiger charge is -2.07. The maximum Gasteiger partial charge on any atom is 0.243 e. The molecule has 20 heavy (non-hydrogen) atoms. The van der Waals surface area contributed by atoms with Crippen LogP contribution < -0.4 is 10.1 Å². The molecule has 0 atom stereocenters. The average molecular weight is 291 g/mol. The lowest BCUT2D eigenvalue weighted by atomic mass is 10.2. The Hall–Kier alpha value is -1.92. The SMILES string of the molecule is CNCc1c(Oc2cc(C)ccc2F)nc2sccn12. The van der Waals surface area contributed by atoms with Crippen molar-refractivity contribution in [1.29, 1.82) is 0 Å². The fraction of sp³-hybridized carbons (Fsp3) is 0.214. The molecule has 104 valence electrons. The minimum atomic E-state index is -0.387.